The summed E-state index contributed by atoms with van der Waals surface area (Å²) >= 11 is 0. The molecule has 1 aliphatic rings. The van der Waals surface area contributed by atoms with Gasteiger partial charge >= 0.3 is 0 Å². The Bertz CT molecular complexity index is 476. The predicted molar refractivity (Wildman–Crippen MR) is 74.0 cm³/mol. The molecule has 2 rings (SSSR count). The first kappa shape index (κ1) is 13.5. The van der Waals surface area contributed by atoms with Crippen LogP contribution in [0.1, 0.15) is 26.7 Å². The molecule has 1 amide bonds. The van der Waals surface area contributed by atoms with E-state index in [1.807, 2.05) is 18.7 Å². The van der Waals surface area contributed by atoms with E-state index in [1.165, 1.54) is 0 Å². The molecule has 0 bridgehead atoms. The largest absolute Gasteiger partial charge is 0.473 e. The summed E-state index contributed by atoms with van der Waals surface area (Å²) in [6.45, 7) is 4.59. The third-order valence-electron chi connectivity index (χ3n) is 3.10. The molecule has 0 saturated carbocycles. The van der Waals surface area contributed by atoms with Gasteiger partial charge in [0.15, 0.2) is 0 Å². The number of ether oxygens (including phenoxy) is 1. The molecule has 1 fully saturated rings. The number of nitrogens with two attached hydrogens (primary N) is 2. The van der Waals surface area contributed by atoms with Crippen LogP contribution >= 0.6 is 0 Å². The normalized spacial score (nSPS) is 18.9. The van der Waals surface area contributed by atoms with Crippen molar-refractivity contribution in [2.45, 2.75) is 38.8 Å². The highest BCUT2D eigenvalue weighted by Crippen LogP contribution is 2.28. The minimum atomic E-state index is -0.317. The van der Waals surface area contributed by atoms with Crippen LogP contribution in [0.2, 0.25) is 0 Å². The molecule has 2 heterocycles. The van der Waals surface area contributed by atoms with Crippen molar-refractivity contribution in [2.75, 3.05) is 17.2 Å². The lowest BCUT2D eigenvalue weighted by Crippen LogP contribution is -2.40. The van der Waals surface area contributed by atoms with E-state index in [2.05, 4.69) is 4.98 Å². The first-order valence-corrected chi connectivity index (χ1v) is 6.48. The van der Waals surface area contributed by atoms with Gasteiger partial charge in [-0.2, -0.15) is 4.98 Å². The quantitative estimate of drug-likeness (QED) is 0.842. The summed E-state index contributed by atoms with van der Waals surface area (Å²) in [7, 11) is 0. The van der Waals surface area contributed by atoms with Gasteiger partial charge in [0.1, 0.15) is 11.9 Å². The van der Waals surface area contributed by atoms with Crippen molar-refractivity contribution >= 4 is 17.4 Å². The molecule has 1 saturated heterocycles. The Hall–Kier alpha value is -1.98. The first-order chi connectivity index (χ1) is 8.99. The fraction of sp³-hybridized carbons (Fsp3) is 0.538. The van der Waals surface area contributed by atoms with Gasteiger partial charge in [0.05, 0.1) is 11.8 Å². The van der Waals surface area contributed by atoms with Crippen molar-refractivity contribution < 1.29 is 9.53 Å². The number of nitrogens with zero attached hydrogens (tertiary/aromatic N) is 2. The molecule has 19 heavy (non-hydrogen) atoms. The fourth-order valence-electron chi connectivity index (χ4n) is 2.26. The number of amides is 1. The smallest absolute Gasteiger partial charge is 0.240 e. The molecule has 6 nitrogen and oxygen atoms in total. The number of rotatable bonds is 4. The van der Waals surface area contributed by atoms with Crippen LogP contribution in [0.4, 0.5) is 11.5 Å². The van der Waals surface area contributed by atoms with E-state index in [-0.39, 0.29) is 18.1 Å². The second kappa shape index (κ2) is 5.34. The Labute approximate surface area is 112 Å². The summed E-state index contributed by atoms with van der Waals surface area (Å²) in [6, 6.07) is 3.25. The Balaban J connectivity index is 2.27. The van der Waals surface area contributed by atoms with Crippen LogP contribution in [-0.2, 0) is 4.79 Å². The maximum atomic E-state index is 11.4. The molecule has 0 aromatic carbocycles. The number of hydrogen-bond donors (Lipinski definition) is 2. The number of anilines is 2. The van der Waals surface area contributed by atoms with Gasteiger partial charge in [0.25, 0.3) is 0 Å². The number of carbonyl (C=O) groups excluding carboxylic acids is 1. The molecule has 0 spiro atoms. The molecular formula is C13H20N4O2. The zero-order chi connectivity index (χ0) is 14.0. The molecule has 104 valence electrons. The maximum absolute atomic E-state index is 11.4. The van der Waals surface area contributed by atoms with Crippen molar-refractivity contribution in [1.29, 1.82) is 0 Å². The van der Waals surface area contributed by atoms with Gasteiger partial charge in [-0.1, -0.05) is 0 Å². The van der Waals surface area contributed by atoms with E-state index in [4.69, 9.17) is 16.2 Å². The third-order valence-corrected chi connectivity index (χ3v) is 3.10. The van der Waals surface area contributed by atoms with E-state index in [0.29, 0.717) is 17.4 Å². The second-order valence-corrected chi connectivity index (χ2v) is 4.98. The second-order valence-electron chi connectivity index (χ2n) is 4.98. The van der Waals surface area contributed by atoms with Gasteiger partial charge in [-0.3, -0.25) is 4.79 Å². The number of nitrogen functional groups attached to an aromatic ring is 1. The number of carbonyl (C=O) groups is 1. The van der Waals surface area contributed by atoms with E-state index in [1.54, 1.807) is 12.1 Å². The van der Waals surface area contributed by atoms with Crippen molar-refractivity contribution in [3.8, 4) is 5.88 Å². The minimum Gasteiger partial charge on any atom is -0.473 e. The van der Waals surface area contributed by atoms with Crippen molar-refractivity contribution in [3.63, 3.8) is 0 Å². The zero-order valence-electron chi connectivity index (χ0n) is 11.3. The lowest BCUT2D eigenvalue weighted by Gasteiger charge is -2.24. The molecule has 4 N–H and O–H groups in total. The predicted octanol–water partition coefficient (Wildman–Crippen LogP) is 0.905. The minimum absolute atomic E-state index is 0.00411. The molecular weight excluding hydrogens is 244 g/mol. The number of primary amides is 1. The van der Waals surface area contributed by atoms with Gasteiger partial charge in [0, 0.05) is 6.54 Å². The molecule has 1 aliphatic heterocycles. The summed E-state index contributed by atoms with van der Waals surface area (Å²) in [5, 5.41) is 0. The first-order valence-electron chi connectivity index (χ1n) is 6.48. The highest BCUT2D eigenvalue weighted by atomic mass is 16.5. The molecule has 1 aromatic rings. The van der Waals surface area contributed by atoms with Crippen molar-refractivity contribution in [2.24, 2.45) is 5.73 Å². The molecule has 1 aromatic heterocycles. The molecule has 6 heteroatoms. The maximum Gasteiger partial charge on any atom is 0.240 e. The van der Waals surface area contributed by atoms with Crippen LogP contribution in [0.15, 0.2) is 12.1 Å². The summed E-state index contributed by atoms with van der Waals surface area (Å²) in [5.74, 6) is 0.774. The highest BCUT2D eigenvalue weighted by molar-refractivity contribution is 5.84. The number of pyridine rings is 1. The summed E-state index contributed by atoms with van der Waals surface area (Å²) in [6.07, 6.45) is 1.69. The summed E-state index contributed by atoms with van der Waals surface area (Å²) < 4.78 is 5.56. The summed E-state index contributed by atoms with van der Waals surface area (Å²) in [5.41, 5.74) is 11.7. The lowest BCUT2D eigenvalue weighted by molar-refractivity contribution is -0.119. The topological polar surface area (TPSA) is 94.5 Å². The molecule has 0 aliphatic carbocycles. The Morgan fingerprint density at radius 1 is 1.53 bits per heavy atom. The molecule has 1 atom stereocenters. The van der Waals surface area contributed by atoms with Gasteiger partial charge in [-0.05, 0) is 38.8 Å². The lowest BCUT2D eigenvalue weighted by atomic mass is 10.2. The fourth-order valence-corrected chi connectivity index (χ4v) is 2.26. The highest BCUT2D eigenvalue weighted by Gasteiger charge is 2.30. The van der Waals surface area contributed by atoms with Crippen molar-refractivity contribution in [1.82, 2.24) is 4.98 Å². The van der Waals surface area contributed by atoms with Gasteiger partial charge in [0.2, 0.25) is 11.8 Å². The Morgan fingerprint density at radius 2 is 2.26 bits per heavy atom. The third kappa shape index (κ3) is 2.89. The van der Waals surface area contributed by atoms with E-state index in [9.17, 15) is 4.79 Å². The summed E-state index contributed by atoms with van der Waals surface area (Å²) in [4.78, 5) is 17.7. The van der Waals surface area contributed by atoms with Crippen LogP contribution in [0.3, 0.4) is 0 Å². The average Bonchev–Trinajstić information content (AvgIpc) is 2.80. The standard InChI is InChI=1S/C13H20N4O2/c1-8(2)19-13-9(14)5-6-11(16-13)17-7-3-4-10(17)12(15)18/h5-6,8,10H,3-4,7,14H2,1-2H3,(H2,15,18). The Kier molecular flexibility index (Phi) is 3.78. The molecule has 1 unspecified atom stereocenters. The zero-order valence-corrected chi connectivity index (χ0v) is 11.3. The van der Waals surface area contributed by atoms with Crippen LogP contribution < -0.4 is 21.1 Å². The monoisotopic (exact) mass is 264 g/mol. The van der Waals surface area contributed by atoms with Crippen molar-refractivity contribution in [3.05, 3.63) is 12.1 Å². The van der Waals surface area contributed by atoms with Crippen LogP contribution in [-0.4, -0.2) is 29.6 Å². The van der Waals surface area contributed by atoms with Gasteiger partial charge in [-0.15, -0.1) is 0 Å². The Morgan fingerprint density at radius 3 is 2.89 bits per heavy atom. The van der Waals surface area contributed by atoms with E-state index in [0.717, 1.165) is 19.4 Å². The van der Waals surface area contributed by atoms with Gasteiger partial charge in [-0.25, -0.2) is 0 Å². The van der Waals surface area contributed by atoms with E-state index >= 15 is 0 Å². The SMILES string of the molecule is CC(C)Oc1nc(N2CCCC2C(N)=O)ccc1N. The number of hydrogen-bond acceptors (Lipinski definition) is 5. The number of aromatic nitrogens is 1. The van der Waals surface area contributed by atoms with E-state index < -0.39 is 0 Å². The van der Waals surface area contributed by atoms with Crippen LogP contribution in [0.25, 0.3) is 0 Å². The van der Waals surface area contributed by atoms with Crippen LogP contribution in [0, 0.1) is 0 Å². The average molecular weight is 264 g/mol. The molecule has 0 radical (unpaired) electrons. The van der Waals surface area contributed by atoms with Crippen LogP contribution in [0.5, 0.6) is 5.88 Å². The van der Waals surface area contributed by atoms with Gasteiger partial charge < -0.3 is 21.1 Å².